The third kappa shape index (κ3) is 4.19. The van der Waals surface area contributed by atoms with Gasteiger partial charge in [0.1, 0.15) is 0 Å². The number of carbonyl (C=O) groups excluding carboxylic acids is 1. The van der Waals surface area contributed by atoms with Crippen LogP contribution in [0.5, 0.6) is 0 Å². The molecule has 0 amide bonds. The van der Waals surface area contributed by atoms with Crippen molar-refractivity contribution in [1.82, 2.24) is 0 Å². The fourth-order valence-electron chi connectivity index (χ4n) is 1.74. The summed E-state index contributed by atoms with van der Waals surface area (Å²) >= 11 is 1.40. The van der Waals surface area contributed by atoms with Crippen molar-refractivity contribution in [2.24, 2.45) is 0 Å². The quantitative estimate of drug-likeness (QED) is 0.703. The maximum Gasteiger partial charge on any atom is 0.173 e. The van der Waals surface area contributed by atoms with Gasteiger partial charge in [0.05, 0.1) is 0 Å². The fraction of sp³-hybridized carbons (Fsp3) is 0.312. The largest absolute Gasteiger partial charge is 0.293 e. The predicted octanol–water partition coefficient (Wildman–Crippen LogP) is 4.45. The summed E-state index contributed by atoms with van der Waals surface area (Å²) in [5.74, 6) is 0.108. The van der Waals surface area contributed by atoms with Crippen LogP contribution in [0.2, 0.25) is 0 Å². The monoisotopic (exact) mass is 260 g/mol. The van der Waals surface area contributed by atoms with E-state index in [1.807, 2.05) is 18.4 Å². The number of hydrogen-bond acceptors (Lipinski definition) is 2. The first kappa shape index (κ1) is 14.8. The Morgan fingerprint density at radius 1 is 1.39 bits per heavy atom. The summed E-state index contributed by atoms with van der Waals surface area (Å²) in [5, 5.41) is 1.89. The third-order valence-corrected chi connectivity index (χ3v) is 3.67. The van der Waals surface area contributed by atoms with Crippen molar-refractivity contribution < 1.29 is 4.79 Å². The average molecular weight is 260 g/mol. The fourth-order valence-corrected chi connectivity index (χ4v) is 2.25. The smallest absolute Gasteiger partial charge is 0.173 e. The molecular weight excluding hydrogens is 240 g/mol. The van der Waals surface area contributed by atoms with Gasteiger partial charge in [0, 0.05) is 11.3 Å². The molecule has 18 heavy (non-hydrogen) atoms. The number of rotatable bonds is 6. The number of ketones is 1. The molecule has 0 aliphatic rings. The van der Waals surface area contributed by atoms with E-state index in [9.17, 15) is 4.79 Å². The first-order chi connectivity index (χ1) is 8.58. The van der Waals surface area contributed by atoms with Crippen LogP contribution in [-0.4, -0.2) is 5.78 Å². The lowest BCUT2D eigenvalue weighted by atomic mass is 9.98. The highest BCUT2D eigenvalue weighted by Crippen LogP contribution is 2.20. The van der Waals surface area contributed by atoms with Gasteiger partial charge >= 0.3 is 0 Å². The Morgan fingerprint density at radius 3 is 2.72 bits per heavy atom. The van der Waals surface area contributed by atoms with Crippen LogP contribution in [-0.2, 0) is 17.6 Å². The molecule has 96 valence electrons. The van der Waals surface area contributed by atoms with Crippen molar-refractivity contribution in [2.45, 2.75) is 33.6 Å². The van der Waals surface area contributed by atoms with Gasteiger partial charge in [0.15, 0.2) is 5.78 Å². The molecule has 0 radical (unpaired) electrons. The van der Waals surface area contributed by atoms with E-state index in [-0.39, 0.29) is 5.78 Å². The van der Waals surface area contributed by atoms with Gasteiger partial charge in [-0.2, -0.15) is 0 Å². The van der Waals surface area contributed by atoms with E-state index in [4.69, 9.17) is 0 Å². The summed E-state index contributed by atoms with van der Waals surface area (Å²) in [6, 6.07) is 6.27. The molecule has 0 aliphatic heterocycles. The van der Waals surface area contributed by atoms with Crippen LogP contribution in [0.1, 0.15) is 30.5 Å². The average Bonchev–Trinajstić information content (AvgIpc) is 2.37. The van der Waals surface area contributed by atoms with Crippen molar-refractivity contribution in [3.63, 3.8) is 0 Å². The molecule has 1 nitrogen and oxygen atoms in total. The van der Waals surface area contributed by atoms with Crippen LogP contribution in [0.15, 0.2) is 41.2 Å². The highest BCUT2D eigenvalue weighted by molar-refractivity contribution is 8.06. The minimum absolute atomic E-state index is 0.108. The Morgan fingerprint density at radius 2 is 2.11 bits per heavy atom. The van der Waals surface area contributed by atoms with Gasteiger partial charge in [-0.3, -0.25) is 4.79 Å². The molecule has 0 fully saturated rings. The van der Waals surface area contributed by atoms with Crippen molar-refractivity contribution in [3.05, 3.63) is 57.9 Å². The number of thioether (sulfide) groups is 1. The highest BCUT2D eigenvalue weighted by Gasteiger charge is 2.10. The molecule has 0 saturated heterocycles. The van der Waals surface area contributed by atoms with E-state index in [1.54, 1.807) is 0 Å². The molecule has 0 spiro atoms. The second-order valence-electron chi connectivity index (χ2n) is 4.24. The molecule has 0 saturated carbocycles. The van der Waals surface area contributed by atoms with Crippen LogP contribution < -0.4 is 0 Å². The Balaban J connectivity index is 2.78. The number of Topliss-reactive ketones (excluding diaryl/α,β-unsaturated/α-hetero) is 1. The lowest BCUT2D eigenvalue weighted by Crippen LogP contribution is -2.05. The van der Waals surface area contributed by atoms with Gasteiger partial charge in [0.25, 0.3) is 0 Å². The third-order valence-electron chi connectivity index (χ3n) is 2.75. The Labute approximate surface area is 114 Å². The molecule has 0 heterocycles. The maximum atomic E-state index is 12.0. The molecule has 1 rings (SSSR count). The van der Waals surface area contributed by atoms with E-state index >= 15 is 0 Å². The summed E-state index contributed by atoms with van der Waals surface area (Å²) in [6.45, 7) is 9.95. The van der Waals surface area contributed by atoms with E-state index in [0.717, 1.165) is 12.0 Å². The minimum Gasteiger partial charge on any atom is -0.293 e. The number of hydrogen-bond donors (Lipinski definition) is 0. The molecule has 0 bridgehead atoms. The highest BCUT2D eigenvalue weighted by atomic mass is 32.2. The molecular formula is C16H20OS. The second kappa shape index (κ2) is 7.22. The molecule has 1 aromatic rings. The van der Waals surface area contributed by atoms with Gasteiger partial charge < -0.3 is 0 Å². The Kier molecular flexibility index (Phi) is 5.93. The lowest BCUT2D eigenvalue weighted by Gasteiger charge is -2.09. The number of benzene rings is 1. The topological polar surface area (TPSA) is 17.1 Å². The second-order valence-corrected chi connectivity index (χ2v) is 5.24. The van der Waals surface area contributed by atoms with Gasteiger partial charge in [-0.15, -0.1) is 0 Å². The zero-order chi connectivity index (χ0) is 13.5. The number of carbonyl (C=O) groups is 1. The molecule has 0 N–H and O–H groups in total. The van der Waals surface area contributed by atoms with E-state index < -0.39 is 0 Å². The standard InChI is InChI=1S/C16H20OS/c1-5-9-18-13(4)16(17)11-15-8-7-12(3)10-14(15)6-2/h5,7-10H,4,6,11H2,1-3H3/b9-5-. The number of allylic oxidation sites excluding steroid dienone is 2. The number of aryl methyl sites for hydroxylation is 2. The van der Waals surface area contributed by atoms with E-state index in [0.29, 0.717) is 11.3 Å². The molecule has 2 heteroatoms. The van der Waals surface area contributed by atoms with Gasteiger partial charge in [-0.05, 0) is 36.8 Å². The molecule has 1 aromatic carbocycles. The van der Waals surface area contributed by atoms with Crippen LogP contribution in [0.25, 0.3) is 0 Å². The summed E-state index contributed by atoms with van der Waals surface area (Å²) in [6.07, 6.45) is 3.32. The van der Waals surface area contributed by atoms with Gasteiger partial charge in [-0.1, -0.05) is 55.1 Å². The predicted molar refractivity (Wildman–Crippen MR) is 80.8 cm³/mol. The van der Waals surface area contributed by atoms with Gasteiger partial charge in [-0.25, -0.2) is 0 Å². The maximum absolute atomic E-state index is 12.0. The zero-order valence-electron chi connectivity index (χ0n) is 11.3. The van der Waals surface area contributed by atoms with Crippen molar-refractivity contribution >= 4 is 17.5 Å². The molecule has 0 aromatic heterocycles. The van der Waals surface area contributed by atoms with Crippen LogP contribution in [0, 0.1) is 6.92 Å². The minimum atomic E-state index is 0.108. The van der Waals surface area contributed by atoms with Crippen LogP contribution in [0.4, 0.5) is 0 Å². The molecule has 0 aliphatic carbocycles. The zero-order valence-corrected chi connectivity index (χ0v) is 12.1. The molecule has 0 atom stereocenters. The van der Waals surface area contributed by atoms with E-state index in [2.05, 4.69) is 38.6 Å². The summed E-state index contributed by atoms with van der Waals surface area (Å²) in [5.41, 5.74) is 3.62. The van der Waals surface area contributed by atoms with Crippen molar-refractivity contribution in [3.8, 4) is 0 Å². The first-order valence-electron chi connectivity index (χ1n) is 6.16. The Bertz CT molecular complexity index is 472. The summed E-state index contributed by atoms with van der Waals surface area (Å²) in [4.78, 5) is 12.6. The first-order valence-corrected chi connectivity index (χ1v) is 7.04. The van der Waals surface area contributed by atoms with E-state index in [1.165, 1.54) is 22.9 Å². The lowest BCUT2D eigenvalue weighted by molar-refractivity contribution is -0.114. The van der Waals surface area contributed by atoms with Crippen molar-refractivity contribution in [2.75, 3.05) is 0 Å². The Hall–Kier alpha value is -1.28. The summed E-state index contributed by atoms with van der Waals surface area (Å²) < 4.78 is 0. The van der Waals surface area contributed by atoms with Gasteiger partial charge in [0.2, 0.25) is 0 Å². The molecule has 0 unspecified atom stereocenters. The van der Waals surface area contributed by atoms with Crippen LogP contribution >= 0.6 is 11.8 Å². The van der Waals surface area contributed by atoms with Crippen molar-refractivity contribution in [1.29, 1.82) is 0 Å². The normalized spacial score (nSPS) is 10.8. The van der Waals surface area contributed by atoms with Crippen LogP contribution in [0.3, 0.4) is 0 Å². The summed E-state index contributed by atoms with van der Waals surface area (Å²) in [7, 11) is 0. The SMILES string of the molecule is C=C(S/C=C\C)C(=O)Cc1ccc(C)cc1CC.